The topological polar surface area (TPSA) is 67.4 Å². The quantitative estimate of drug-likeness (QED) is 0.328. The third-order valence-electron chi connectivity index (χ3n) is 5.07. The van der Waals surface area contributed by atoms with Gasteiger partial charge in [0.05, 0.1) is 12.2 Å². The van der Waals surface area contributed by atoms with Crippen molar-refractivity contribution in [2.45, 2.75) is 13.8 Å². The van der Waals surface area contributed by atoms with E-state index in [1.807, 2.05) is 73.8 Å². The van der Waals surface area contributed by atoms with Crippen LogP contribution in [-0.4, -0.2) is 18.4 Å². The van der Waals surface area contributed by atoms with Gasteiger partial charge in [-0.25, -0.2) is 0 Å². The minimum Gasteiger partial charge on any atom is -0.494 e. The van der Waals surface area contributed by atoms with Gasteiger partial charge in [-0.2, -0.15) is 0 Å². The lowest BCUT2D eigenvalue weighted by Crippen LogP contribution is -2.17. The first kappa shape index (κ1) is 22.3. The van der Waals surface area contributed by atoms with E-state index in [1.165, 1.54) is 11.3 Å². The molecular weight excluding hydrogens is 432 g/mol. The highest BCUT2D eigenvalue weighted by atomic mass is 32.1. The molecule has 2 N–H and O–H groups in total. The van der Waals surface area contributed by atoms with Crippen molar-refractivity contribution in [3.8, 4) is 16.9 Å². The second kappa shape index (κ2) is 10.1. The molecule has 0 aliphatic rings. The Balaban J connectivity index is 1.65. The Morgan fingerprint density at radius 2 is 1.55 bits per heavy atom. The fourth-order valence-electron chi connectivity index (χ4n) is 3.38. The number of amides is 2. The van der Waals surface area contributed by atoms with Gasteiger partial charge >= 0.3 is 0 Å². The van der Waals surface area contributed by atoms with Gasteiger partial charge in [-0.1, -0.05) is 48.0 Å². The summed E-state index contributed by atoms with van der Waals surface area (Å²) in [5.74, 6) is 0.187. The van der Waals surface area contributed by atoms with Gasteiger partial charge < -0.3 is 15.4 Å². The Morgan fingerprint density at radius 3 is 2.21 bits per heavy atom. The number of nitrogens with one attached hydrogen (secondary N) is 2. The SMILES string of the molecule is CCOc1ccc(NC(=O)c2c(-c3ccccc3)csc2NC(=O)c2ccc(C)cc2)cc1. The number of thiophene rings is 1. The molecule has 6 heteroatoms. The number of carbonyl (C=O) groups is 2. The molecule has 5 nitrogen and oxygen atoms in total. The van der Waals surface area contributed by atoms with E-state index in [2.05, 4.69) is 10.6 Å². The molecule has 3 aromatic carbocycles. The maximum atomic E-state index is 13.4. The van der Waals surface area contributed by atoms with Gasteiger partial charge in [-0.05, 0) is 55.8 Å². The maximum absolute atomic E-state index is 13.4. The number of ether oxygens (including phenoxy) is 1. The molecule has 166 valence electrons. The molecule has 33 heavy (non-hydrogen) atoms. The van der Waals surface area contributed by atoms with Crippen LogP contribution in [0.1, 0.15) is 33.2 Å². The molecule has 0 atom stereocenters. The molecule has 0 saturated carbocycles. The third-order valence-corrected chi connectivity index (χ3v) is 5.96. The summed E-state index contributed by atoms with van der Waals surface area (Å²) in [4.78, 5) is 26.2. The third kappa shape index (κ3) is 5.30. The number of aryl methyl sites for hydroxylation is 1. The zero-order chi connectivity index (χ0) is 23.2. The molecule has 0 bridgehead atoms. The van der Waals surface area contributed by atoms with Crippen LogP contribution in [0.4, 0.5) is 10.7 Å². The van der Waals surface area contributed by atoms with Crippen molar-refractivity contribution in [2.24, 2.45) is 0 Å². The Bertz CT molecular complexity index is 1250. The average Bonchev–Trinajstić information content (AvgIpc) is 3.25. The second-order valence-electron chi connectivity index (χ2n) is 7.45. The van der Waals surface area contributed by atoms with Gasteiger partial charge in [0, 0.05) is 22.2 Å². The van der Waals surface area contributed by atoms with Crippen molar-refractivity contribution in [2.75, 3.05) is 17.2 Å². The van der Waals surface area contributed by atoms with E-state index < -0.39 is 0 Å². The number of anilines is 2. The lowest BCUT2D eigenvalue weighted by atomic mass is 10.0. The van der Waals surface area contributed by atoms with Crippen LogP contribution in [0.2, 0.25) is 0 Å². The van der Waals surface area contributed by atoms with Crippen LogP contribution in [0.25, 0.3) is 11.1 Å². The maximum Gasteiger partial charge on any atom is 0.259 e. The number of hydrogen-bond acceptors (Lipinski definition) is 4. The van der Waals surface area contributed by atoms with Crippen molar-refractivity contribution < 1.29 is 14.3 Å². The molecule has 4 aromatic rings. The molecule has 2 amide bonds. The van der Waals surface area contributed by atoms with Gasteiger partial charge in [0.25, 0.3) is 11.8 Å². The summed E-state index contributed by atoms with van der Waals surface area (Å²) in [6, 6.07) is 24.2. The van der Waals surface area contributed by atoms with Crippen LogP contribution in [0.3, 0.4) is 0 Å². The molecule has 0 aliphatic carbocycles. The van der Waals surface area contributed by atoms with E-state index in [-0.39, 0.29) is 11.8 Å². The van der Waals surface area contributed by atoms with Crippen LogP contribution >= 0.6 is 11.3 Å². The Labute approximate surface area is 197 Å². The first-order valence-electron chi connectivity index (χ1n) is 10.6. The predicted octanol–water partition coefficient (Wildman–Crippen LogP) is 6.63. The molecule has 1 aromatic heterocycles. The van der Waals surface area contributed by atoms with Crippen LogP contribution in [0.5, 0.6) is 5.75 Å². The summed E-state index contributed by atoms with van der Waals surface area (Å²) < 4.78 is 5.47. The number of benzene rings is 3. The normalized spacial score (nSPS) is 10.5. The zero-order valence-corrected chi connectivity index (χ0v) is 19.2. The van der Waals surface area contributed by atoms with Crippen LogP contribution in [0.15, 0.2) is 84.2 Å². The molecule has 0 aliphatic heterocycles. The highest BCUT2D eigenvalue weighted by Crippen LogP contribution is 2.36. The van der Waals surface area contributed by atoms with Crippen LogP contribution < -0.4 is 15.4 Å². The summed E-state index contributed by atoms with van der Waals surface area (Å²) in [6.45, 7) is 4.46. The summed E-state index contributed by atoms with van der Waals surface area (Å²) >= 11 is 1.33. The van der Waals surface area contributed by atoms with Gasteiger partial charge in [0.15, 0.2) is 0 Å². The molecule has 0 fully saturated rings. The Morgan fingerprint density at radius 1 is 0.848 bits per heavy atom. The smallest absolute Gasteiger partial charge is 0.259 e. The molecule has 0 radical (unpaired) electrons. The van der Waals surface area contributed by atoms with Crippen molar-refractivity contribution in [3.05, 3.63) is 101 Å². The lowest BCUT2D eigenvalue weighted by Gasteiger charge is -2.11. The fourth-order valence-corrected chi connectivity index (χ4v) is 4.34. The van der Waals surface area contributed by atoms with E-state index in [9.17, 15) is 9.59 Å². The molecule has 4 rings (SSSR count). The summed E-state index contributed by atoms with van der Waals surface area (Å²) in [7, 11) is 0. The monoisotopic (exact) mass is 456 g/mol. The van der Waals surface area contributed by atoms with Crippen molar-refractivity contribution in [1.29, 1.82) is 0 Å². The molecular formula is C27H24N2O3S. The largest absolute Gasteiger partial charge is 0.494 e. The number of rotatable bonds is 7. The van der Waals surface area contributed by atoms with E-state index in [4.69, 9.17) is 4.74 Å². The van der Waals surface area contributed by atoms with E-state index in [1.54, 1.807) is 24.3 Å². The van der Waals surface area contributed by atoms with Crippen molar-refractivity contribution in [3.63, 3.8) is 0 Å². The Kier molecular flexibility index (Phi) is 6.86. The highest BCUT2D eigenvalue weighted by Gasteiger charge is 2.22. The minimum atomic E-state index is -0.293. The molecule has 1 heterocycles. The van der Waals surface area contributed by atoms with Crippen molar-refractivity contribution in [1.82, 2.24) is 0 Å². The second-order valence-corrected chi connectivity index (χ2v) is 8.33. The zero-order valence-electron chi connectivity index (χ0n) is 18.4. The standard InChI is InChI=1S/C27H24N2O3S/c1-3-32-22-15-13-21(14-16-22)28-26(31)24-23(19-7-5-4-6-8-19)17-33-27(24)29-25(30)20-11-9-18(2)10-12-20/h4-17H,3H2,1-2H3,(H,28,31)(H,29,30). The predicted molar refractivity (Wildman–Crippen MR) is 134 cm³/mol. The summed E-state index contributed by atoms with van der Waals surface area (Å²) in [5, 5.41) is 8.27. The summed E-state index contributed by atoms with van der Waals surface area (Å²) in [5.41, 5.74) is 4.35. The van der Waals surface area contributed by atoms with Crippen molar-refractivity contribution >= 4 is 33.8 Å². The number of hydrogen-bond donors (Lipinski definition) is 2. The molecule has 0 saturated heterocycles. The first-order chi connectivity index (χ1) is 16.0. The molecule has 0 unspecified atom stereocenters. The first-order valence-corrected chi connectivity index (χ1v) is 11.5. The number of carbonyl (C=O) groups excluding carboxylic acids is 2. The average molecular weight is 457 g/mol. The molecule has 0 spiro atoms. The van der Waals surface area contributed by atoms with E-state index in [0.29, 0.717) is 28.4 Å². The lowest BCUT2D eigenvalue weighted by molar-refractivity contribution is 0.102. The van der Waals surface area contributed by atoms with Crippen LogP contribution in [0, 0.1) is 6.92 Å². The van der Waals surface area contributed by atoms with Crippen LogP contribution in [-0.2, 0) is 0 Å². The minimum absolute atomic E-state index is 0.258. The van der Waals surface area contributed by atoms with E-state index >= 15 is 0 Å². The Hall–Kier alpha value is -3.90. The van der Waals surface area contributed by atoms with Gasteiger partial charge in [0.2, 0.25) is 0 Å². The van der Waals surface area contributed by atoms with E-state index in [0.717, 1.165) is 22.4 Å². The van der Waals surface area contributed by atoms with Gasteiger partial charge in [-0.15, -0.1) is 11.3 Å². The highest BCUT2D eigenvalue weighted by molar-refractivity contribution is 7.15. The van der Waals surface area contributed by atoms with Gasteiger partial charge in [0.1, 0.15) is 10.8 Å². The fraction of sp³-hybridized carbons (Fsp3) is 0.111. The summed E-state index contributed by atoms with van der Waals surface area (Å²) in [6.07, 6.45) is 0. The van der Waals surface area contributed by atoms with Gasteiger partial charge in [-0.3, -0.25) is 9.59 Å².